The van der Waals surface area contributed by atoms with Crippen molar-refractivity contribution < 1.29 is 24.2 Å². The minimum atomic E-state index is -0.762. The minimum Gasteiger partial charge on any atom is -0.489 e. The lowest BCUT2D eigenvalue weighted by atomic mass is 9.87. The Balaban J connectivity index is 1.44. The standard InChI is InChI=1S/C25H35N5O5/c1-15(2)25(11-12-25)29(4)24(33)34-14-20-22(27-28-30(20)5)19-9-10-21(16(3)26-19)35-18-8-6-7-17(13-18)23(31)32/h9-10,15,17-18H,6-8,11-14H2,1-5H3,(H,31,32)/t17-,18-/m0/s1. The van der Waals surface area contributed by atoms with E-state index in [2.05, 4.69) is 29.1 Å². The molecular weight excluding hydrogens is 450 g/mol. The fraction of sp³-hybridized carbons (Fsp3) is 0.640. The van der Waals surface area contributed by atoms with Gasteiger partial charge in [0.15, 0.2) is 0 Å². The first-order valence-electron chi connectivity index (χ1n) is 12.3. The monoisotopic (exact) mass is 485 g/mol. The Hall–Kier alpha value is -3.17. The van der Waals surface area contributed by atoms with Crippen LogP contribution in [-0.2, 0) is 23.2 Å². The molecule has 1 N–H and O–H groups in total. The Morgan fingerprint density at radius 2 is 2.03 bits per heavy atom. The molecule has 0 spiro atoms. The highest BCUT2D eigenvalue weighted by Crippen LogP contribution is 2.47. The molecule has 2 heterocycles. The highest BCUT2D eigenvalue weighted by atomic mass is 16.6. The van der Waals surface area contributed by atoms with Crippen LogP contribution in [0.5, 0.6) is 5.75 Å². The maximum absolute atomic E-state index is 12.7. The van der Waals surface area contributed by atoms with E-state index < -0.39 is 5.97 Å². The first-order valence-corrected chi connectivity index (χ1v) is 12.3. The molecule has 35 heavy (non-hydrogen) atoms. The predicted octanol–water partition coefficient (Wildman–Crippen LogP) is 3.96. The number of hydrogen-bond acceptors (Lipinski definition) is 7. The molecule has 2 fully saturated rings. The number of hydrogen-bond donors (Lipinski definition) is 1. The number of carboxylic acid groups (broad SMARTS) is 1. The molecule has 2 saturated carbocycles. The van der Waals surface area contributed by atoms with Crippen molar-refractivity contribution in [3.05, 3.63) is 23.5 Å². The molecule has 10 nitrogen and oxygen atoms in total. The molecule has 4 rings (SSSR count). The first-order chi connectivity index (χ1) is 16.6. The maximum atomic E-state index is 12.7. The van der Waals surface area contributed by atoms with Crippen LogP contribution in [0.25, 0.3) is 11.4 Å². The van der Waals surface area contributed by atoms with E-state index in [9.17, 15) is 14.7 Å². The van der Waals surface area contributed by atoms with Gasteiger partial charge in [-0.3, -0.25) is 4.79 Å². The Morgan fingerprint density at radius 3 is 2.66 bits per heavy atom. The van der Waals surface area contributed by atoms with Gasteiger partial charge in [-0.2, -0.15) is 0 Å². The van der Waals surface area contributed by atoms with Crippen molar-refractivity contribution in [1.82, 2.24) is 24.9 Å². The van der Waals surface area contributed by atoms with Gasteiger partial charge in [0.25, 0.3) is 0 Å². The summed E-state index contributed by atoms with van der Waals surface area (Å²) in [4.78, 5) is 30.5. The molecule has 10 heteroatoms. The molecular formula is C25H35N5O5. The van der Waals surface area contributed by atoms with E-state index in [0.717, 1.165) is 25.7 Å². The molecule has 0 bridgehead atoms. The quantitative estimate of drug-likeness (QED) is 0.597. The summed E-state index contributed by atoms with van der Waals surface area (Å²) in [7, 11) is 3.55. The van der Waals surface area contributed by atoms with Gasteiger partial charge in [-0.1, -0.05) is 19.1 Å². The zero-order chi connectivity index (χ0) is 25.3. The highest BCUT2D eigenvalue weighted by Gasteiger charge is 2.51. The molecule has 190 valence electrons. The number of aryl methyl sites for hydroxylation is 2. The number of nitrogens with zero attached hydrogens (tertiary/aromatic N) is 5. The molecule has 0 aromatic carbocycles. The van der Waals surface area contributed by atoms with Gasteiger partial charge in [-0.15, -0.1) is 5.10 Å². The molecule has 0 unspecified atom stereocenters. The second kappa shape index (κ2) is 9.83. The molecule has 2 aromatic rings. The van der Waals surface area contributed by atoms with Crippen molar-refractivity contribution >= 4 is 12.1 Å². The van der Waals surface area contributed by atoms with Gasteiger partial charge in [-0.05, 0) is 63.5 Å². The van der Waals surface area contributed by atoms with E-state index in [4.69, 9.17) is 9.47 Å². The SMILES string of the molecule is Cc1nc(-c2nnn(C)c2COC(=O)N(C)C2(C(C)C)CC2)ccc1O[C@H]1CCC[C@H](C(=O)O)C1. The van der Waals surface area contributed by atoms with Gasteiger partial charge in [0.2, 0.25) is 0 Å². The van der Waals surface area contributed by atoms with E-state index in [1.165, 1.54) is 0 Å². The number of rotatable bonds is 8. The number of carbonyl (C=O) groups is 2. The Bertz CT molecular complexity index is 1090. The molecule has 0 saturated heterocycles. The Kier molecular flexibility index (Phi) is 7.00. The number of amides is 1. The Labute approximate surface area is 205 Å². The molecule has 1 amide bonds. The zero-order valence-electron chi connectivity index (χ0n) is 21.2. The van der Waals surface area contributed by atoms with E-state index in [-0.39, 0.29) is 30.3 Å². The van der Waals surface area contributed by atoms with Gasteiger partial charge in [0.1, 0.15) is 23.7 Å². The summed E-state index contributed by atoms with van der Waals surface area (Å²) in [6.45, 7) is 6.14. The minimum absolute atomic E-state index is 0.0355. The summed E-state index contributed by atoms with van der Waals surface area (Å²) in [5.41, 5.74) is 2.38. The van der Waals surface area contributed by atoms with Crippen LogP contribution >= 0.6 is 0 Å². The first kappa shape index (κ1) is 24.9. The largest absolute Gasteiger partial charge is 0.489 e. The van der Waals surface area contributed by atoms with E-state index in [1.807, 2.05) is 13.0 Å². The van der Waals surface area contributed by atoms with Crippen LogP contribution in [0.3, 0.4) is 0 Å². The van der Waals surface area contributed by atoms with Gasteiger partial charge in [-0.25, -0.2) is 14.5 Å². The smallest absolute Gasteiger partial charge is 0.410 e. The van der Waals surface area contributed by atoms with Crippen molar-refractivity contribution in [2.24, 2.45) is 18.9 Å². The molecule has 2 aliphatic rings. The third-order valence-corrected chi connectivity index (χ3v) is 7.60. The van der Waals surface area contributed by atoms with Crippen LogP contribution in [0.2, 0.25) is 0 Å². The van der Waals surface area contributed by atoms with Gasteiger partial charge < -0.3 is 19.5 Å². The fourth-order valence-electron chi connectivity index (χ4n) is 5.04. The highest BCUT2D eigenvalue weighted by molar-refractivity contribution is 5.70. The number of ether oxygens (including phenoxy) is 2. The van der Waals surface area contributed by atoms with Crippen molar-refractivity contribution in [2.75, 3.05) is 7.05 Å². The Morgan fingerprint density at radius 1 is 1.29 bits per heavy atom. The van der Waals surface area contributed by atoms with E-state index in [1.54, 1.807) is 29.7 Å². The number of aliphatic carboxylic acids is 1. The van der Waals surface area contributed by atoms with Crippen LogP contribution in [0.4, 0.5) is 4.79 Å². The van der Waals surface area contributed by atoms with Crippen LogP contribution in [0, 0.1) is 18.8 Å². The lowest BCUT2D eigenvalue weighted by molar-refractivity contribution is -0.143. The summed E-state index contributed by atoms with van der Waals surface area (Å²) < 4.78 is 13.3. The average molecular weight is 486 g/mol. The van der Waals surface area contributed by atoms with Crippen molar-refractivity contribution in [3.8, 4) is 17.1 Å². The third-order valence-electron chi connectivity index (χ3n) is 7.60. The lowest BCUT2D eigenvalue weighted by Gasteiger charge is -2.30. The summed E-state index contributed by atoms with van der Waals surface area (Å²) in [5.74, 6) is -0.125. The molecule has 0 aliphatic heterocycles. The number of carboxylic acids is 1. The van der Waals surface area contributed by atoms with Crippen LogP contribution < -0.4 is 4.74 Å². The average Bonchev–Trinajstić information content (AvgIpc) is 3.56. The third kappa shape index (κ3) is 5.11. The fourth-order valence-corrected chi connectivity index (χ4v) is 5.04. The zero-order valence-corrected chi connectivity index (χ0v) is 21.2. The normalized spacial score (nSPS) is 21.0. The topological polar surface area (TPSA) is 120 Å². The van der Waals surface area contributed by atoms with E-state index in [0.29, 0.717) is 47.3 Å². The van der Waals surface area contributed by atoms with Crippen LogP contribution in [-0.4, -0.2) is 60.7 Å². The van der Waals surface area contributed by atoms with Crippen LogP contribution in [0.15, 0.2) is 12.1 Å². The molecule has 2 aliphatic carbocycles. The summed E-state index contributed by atoms with van der Waals surface area (Å²) in [6.07, 6.45) is 4.35. The van der Waals surface area contributed by atoms with E-state index >= 15 is 0 Å². The number of aromatic nitrogens is 4. The van der Waals surface area contributed by atoms with Crippen molar-refractivity contribution in [3.63, 3.8) is 0 Å². The van der Waals surface area contributed by atoms with Crippen LogP contribution in [0.1, 0.15) is 63.8 Å². The van der Waals surface area contributed by atoms with Crippen molar-refractivity contribution in [2.45, 2.75) is 77.5 Å². The lowest BCUT2D eigenvalue weighted by Crippen LogP contribution is -2.42. The number of carbonyl (C=O) groups excluding carboxylic acids is 1. The van der Waals surface area contributed by atoms with Gasteiger partial charge in [0, 0.05) is 19.6 Å². The second-order valence-electron chi connectivity index (χ2n) is 10.1. The van der Waals surface area contributed by atoms with Gasteiger partial charge >= 0.3 is 12.1 Å². The number of pyridine rings is 1. The second-order valence-corrected chi connectivity index (χ2v) is 10.1. The summed E-state index contributed by atoms with van der Waals surface area (Å²) >= 11 is 0. The van der Waals surface area contributed by atoms with Gasteiger partial charge in [0.05, 0.1) is 23.4 Å². The predicted molar refractivity (Wildman–Crippen MR) is 128 cm³/mol. The maximum Gasteiger partial charge on any atom is 0.410 e. The summed E-state index contributed by atoms with van der Waals surface area (Å²) in [5, 5.41) is 17.7. The molecule has 2 atom stereocenters. The molecule has 2 aromatic heterocycles. The van der Waals surface area contributed by atoms with Crippen molar-refractivity contribution in [1.29, 1.82) is 0 Å². The molecule has 0 radical (unpaired) electrons. The summed E-state index contributed by atoms with van der Waals surface area (Å²) in [6, 6.07) is 3.64.